The van der Waals surface area contributed by atoms with E-state index in [9.17, 15) is 14.4 Å². The van der Waals surface area contributed by atoms with Crippen LogP contribution in [0.5, 0.6) is 11.5 Å². The first-order valence-corrected chi connectivity index (χ1v) is 11.0. The maximum absolute atomic E-state index is 13.4. The van der Waals surface area contributed by atoms with E-state index in [2.05, 4.69) is 5.32 Å². The Morgan fingerprint density at radius 1 is 0.765 bits per heavy atom. The van der Waals surface area contributed by atoms with Crippen LogP contribution < -0.4 is 14.8 Å². The zero-order valence-corrected chi connectivity index (χ0v) is 19.9. The topological polar surface area (TPSA) is 81.7 Å². The molecule has 0 radical (unpaired) electrons. The average Bonchev–Trinajstić information content (AvgIpc) is 2.85. The van der Waals surface area contributed by atoms with Gasteiger partial charge in [-0.25, -0.2) is 0 Å². The van der Waals surface area contributed by atoms with E-state index in [0.717, 1.165) is 11.1 Å². The molecule has 1 amide bonds. The Kier molecular flexibility index (Phi) is 8.19. The van der Waals surface area contributed by atoms with Gasteiger partial charge in [0, 0.05) is 24.1 Å². The first-order chi connectivity index (χ1) is 16.3. The van der Waals surface area contributed by atoms with Crippen molar-refractivity contribution in [3.8, 4) is 11.5 Å². The summed E-state index contributed by atoms with van der Waals surface area (Å²) in [6, 6.07) is 19.1. The van der Waals surface area contributed by atoms with Gasteiger partial charge >= 0.3 is 0 Å². The second-order valence-corrected chi connectivity index (χ2v) is 8.11. The molecule has 0 spiro atoms. The summed E-state index contributed by atoms with van der Waals surface area (Å²) in [5.74, 6) is -0.698. The van der Waals surface area contributed by atoms with Crippen molar-refractivity contribution >= 4 is 23.2 Å². The first kappa shape index (κ1) is 24.7. The summed E-state index contributed by atoms with van der Waals surface area (Å²) >= 11 is 0. The van der Waals surface area contributed by atoms with Crippen LogP contribution in [0.25, 0.3) is 0 Å². The zero-order valence-electron chi connectivity index (χ0n) is 19.9. The maximum atomic E-state index is 13.4. The van der Waals surface area contributed by atoms with Crippen LogP contribution in [0.4, 0.5) is 5.69 Å². The third-order valence-corrected chi connectivity index (χ3v) is 5.80. The highest BCUT2D eigenvalue weighted by Crippen LogP contribution is 2.27. The largest absolute Gasteiger partial charge is 0.497 e. The summed E-state index contributed by atoms with van der Waals surface area (Å²) in [6.45, 7) is 3.97. The fourth-order valence-corrected chi connectivity index (χ4v) is 3.63. The molecule has 0 fully saturated rings. The molecule has 0 bridgehead atoms. The van der Waals surface area contributed by atoms with Crippen LogP contribution in [0.1, 0.15) is 45.8 Å². The minimum Gasteiger partial charge on any atom is -0.497 e. The molecule has 1 unspecified atom stereocenters. The number of ketones is 2. The molecule has 0 aromatic heterocycles. The van der Waals surface area contributed by atoms with E-state index in [0.29, 0.717) is 28.3 Å². The van der Waals surface area contributed by atoms with Crippen LogP contribution in [0.3, 0.4) is 0 Å². The van der Waals surface area contributed by atoms with Gasteiger partial charge in [-0.1, -0.05) is 18.2 Å². The van der Waals surface area contributed by atoms with Crippen LogP contribution in [0.15, 0.2) is 66.7 Å². The van der Waals surface area contributed by atoms with Gasteiger partial charge in [-0.2, -0.15) is 0 Å². The minimum absolute atomic E-state index is 0.0195. The fraction of sp³-hybridized carbons (Fsp3) is 0.250. The monoisotopic (exact) mass is 459 g/mol. The number of hydrogen-bond acceptors (Lipinski definition) is 5. The molecule has 0 saturated carbocycles. The second-order valence-electron chi connectivity index (χ2n) is 8.11. The number of rotatable bonds is 10. The van der Waals surface area contributed by atoms with E-state index in [1.807, 2.05) is 32.0 Å². The summed E-state index contributed by atoms with van der Waals surface area (Å²) in [7, 11) is 3.10. The van der Waals surface area contributed by atoms with Crippen molar-refractivity contribution in [2.24, 2.45) is 0 Å². The molecule has 1 atom stereocenters. The lowest BCUT2D eigenvalue weighted by atomic mass is 9.85. The fourth-order valence-electron chi connectivity index (χ4n) is 3.63. The van der Waals surface area contributed by atoms with Gasteiger partial charge in [-0.3, -0.25) is 14.4 Å². The van der Waals surface area contributed by atoms with E-state index >= 15 is 0 Å². The molecule has 6 nitrogen and oxygen atoms in total. The second kappa shape index (κ2) is 11.3. The lowest BCUT2D eigenvalue weighted by Gasteiger charge is -2.16. The molecule has 3 aromatic carbocycles. The Morgan fingerprint density at radius 3 is 1.91 bits per heavy atom. The molecule has 6 heteroatoms. The summed E-state index contributed by atoms with van der Waals surface area (Å²) in [5, 5.41) is 2.83. The summed E-state index contributed by atoms with van der Waals surface area (Å²) < 4.78 is 10.4. The maximum Gasteiger partial charge on any atom is 0.224 e. The standard InChI is InChI=1S/C28H29NO5/c1-18-5-10-22(17-19(18)2)29-26(31)16-15-25(30)27(20-6-11-23(33-3)12-7-20)28(32)21-8-13-24(34-4)14-9-21/h5-14,17,27H,15-16H2,1-4H3,(H,29,31). The van der Waals surface area contributed by atoms with Gasteiger partial charge in [0.15, 0.2) is 5.78 Å². The molecule has 0 saturated heterocycles. The van der Waals surface area contributed by atoms with Gasteiger partial charge in [-0.15, -0.1) is 0 Å². The molecule has 0 aliphatic carbocycles. The number of amides is 1. The van der Waals surface area contributed by atoms with Gasteiger partial charge in [0.2, 0.25) is 5.91 Å². The van der Waals surface area contributed by atoms with Crippen molar-refractivity contribution in [1.82, 2.24) is 0 Å². The Bertz CT molecular complexity index is 1170. The molecule has 34 heavy (non-hydrogen) atoms. The van der Waals surface area contributed by atoms with Crippen molar-refractivity contribution in [2.45, 2.75) is 32.6 Å². The van der Waals surface area contributed by atoms with Gasteiger partial charge in [0.25, 0.3) is 0 Å². The number of carbonyl (C=O) groups is 3. The third-order valence-electron chi connectivity index (χ3n) is 5.80. The van der Waals surface area contributed by atoms with E-state index in [1.165, 1.54) is 0 Å². The van der Waals surface area contributed by atoms with Crippen LogP contribution in [0.2, 0.25) is 0 Å². The van der Waals surface area contributed by atoms with Crippen LogP contribution >= 0.6 is 0 Å². The smallest absolute Gasteiger partial charge is 0.224 e. The lowest BCUT2D eigenvalue weighted by Crippen LogP contribution is -2.24. The van der Waals surface area contributed by atoms with Gasteiger partial charge < -0.3 is 14.8 Å². The van der Waals surface area contributed by atoms with E-state index in [1.54, 1.807) is 62.8 Å². The zero-order chi connectivity index (χ0) is 24.7. The van der Waals surface area contributed by atoms with Crippen molar-refractivity contribution in [1.29, 1.82) is 0 Å². The van der Waals surface area contributed by atoms with Crippen molar-refractivity contribution in [3.63, 3.8) is 0 Å². The molecule has 176 valence electrons. The van der Waals surface area contributed by atoms with Crippen LogP contribution in [-0.4, -0.2) is 31.7 Å². The Morgan fingerprint density at radius 2 is 1.35 bits per heavy atom. The highest BCUT2D eigenvalue weighted by molar-refractivity contribution is 6.15. The number of nitrogens with one attached hydrogen (secondary N) is 1. The number of ether oxygens (including phenoxy) is 2. The molecule has 0 aliphatic rings. The molecule has 3 aromatic rings. The molecular formula is C28H29NO5. The van der Waals surface area contributed by atoms with E-state index in [4.69, 9.17) is 9.47 Å². The molecule has 0 heterocycles. The van der Waals surface area contributed by atoms with Gasteiger partial charge in [0.05, 0.1) is 14.2 Å². The normalized spacial score (nSPS) is 11.4. The average molecular weight is 460 g/mol. The summed E-state index contributed by atoms with van der Waals surface area (Å²) in [6.07, 6.45) is -0.0798. The molecular weight excluding hydrogens is 430 g/mol. The lowest BCUT2D eigenvalue weighted by molar-refractivity contribution is -0.123. The SMILES string of the molecule is COc1ccc(C(=O)C(C(=O)CCC(=O)Nc2ccc(C)c(C)c2)c2ccc(OC)cc2)cc1. The van der Waals surface area contributed by atoms with Gasteiger partial charge in [0.1, 0.15) is 23.2 Å². The number of benzene rings is 3. The Balaban J connectivity index is 1.77. The van der Waals surface area contributed by atoms with E-state index in [-0.39, 0.29) is 30.3 Å². The van der Waals surface area contributed by atoms with Crippen LogP contribution in [-0.2, 0) is 9.59 Å². The quantitative estimate of drug-likeness (QED) is 0.330. The highest BCUT2D eigenvalue weighted by atomic mass is 16.5. The number of hydrogen-bond donors (Lipinski definition) is 1. The molecule has 3 rings (SSSR count). The van der Waals surface area contributed by atoms with Crippen molar-refractivity contribution in [3.05, 3.63) is 89.0 Å². The number of methoxy groups -OCH3 is 2. The van der Waals surface area contributed by atoms with Crippen molar-refractivity contribution in [2.75, 3.05) is 19.5 Å². The molecule has 0 aliphatic heterocycles. The van der Waals surface area contributed by atoms with Gasteiger partial charge in [-0.05, 0) is 79.1 Å². The highest BCUT2D eigenvalue weighted by Gasteiger charge is 2.29. The summed E-state index contributed by atoms with van der Waals surface area (Å²) in [5.41, 5.74) is 3.84. The van der Waals surface area contributed by atoms with Crippen molar-refractivity contribution < 1.29 is 23.9 Å². The number of carbonyl (C=O) groups excluding carboxylic acids is 3. The van der Waals surface area contributed by atoms with E-state index < -0.39 is 5.92 Å². The number of anilines is 1. The summed E-state index contributed by atoms with van der Waals surface area (Å²) in [4.78, 5) is 39.1. The predicted molar refractivity (Wildman–Crippen MR) is 132 cm³/mol. The third kappa shape index (κ3) is 6.10. The predicted octanol–water partition coefficient (Wildman–Crippen LogP) is 5.28. The first-order valence-electron chi connectivity index (χ1n) is 11.0. The Hall–Kier alpha value is -3.93. The number of aryl methyl sites for hydroxylation is 2. The Labute approximate surface area is 199 Å². The minimum atomic E-state index is -1.02. The molecule has 1 N–H and O–H groups in total. The van der Waals surface area contributed by atoms with Crippen LogP contribution in [0, 0.1) is 13.8 Å². The number of Topliss-reactive ketones (excluding diaryl/α,β-unsaturated/α-hetero) is 2.